The first-order chi connectivity index (χ1) is 6.86. The molecule has 0 aromatic carbocycles. The summed E-state index contributed by atoms with van der Waals surface area (Å²) >= 11 is 0. The lowest BCUT2D eigenvalue weighted by atomic mass is 10.1. The van der Waals surface area contributed by atoms with Gasteiger partial charge in [-0.3, -0.25) is 4.90 Å². The second kappa shape index (κ2) is 3.12. The van der Waals surface area contributed by atoms with Gasteiger partial charge in [0.05, 0.1) is 6.04 Å². The normalized spacial score (nSPS) is 37.7. The number of hydrogen-bond donors (Lipinski definition) is 1. The molecule has 0 spiro atoms. The van der Waals surface area contributed by atoms with E-state index < -0.39 is 0 Å². The third-order valence-electron chi connectivity index (χ3n) is 3.86. The molecule has 3 aliphatic heterocycles. The maximum absolute atomic E-state index is 11.5. The van der Waals surface area contributed by atoms with Gasteiger partial charge in [0.25, 0.3) is 0 Å². The molecule has 78 valence electrons. The van der Waals surface area contributed by atoms with Crippen molar-refractivity contribution < 1.29 is 4.79 Å². The van der Waals surface area contributed by atoms with Crippen molar-refractivity contribution in [3.05, 3.63) is 0 Å². The van der Waals surface area contributed by atoms with Crippen LogP contribution in [0.2, 0.25) is 0 Å². The van der Waals surface area contributed by atoms with Crippen molar-refractivity contribution in [3.63, 3.8) is 0 Å². The van der Waals surface area contributed by atoms with Crippen molar-refractivity contribution >= 4 is 6.03 Å². The second-order valence-electron chi connectivity index (χ2n) is 4.53. The Morgan fingerprint density at radius 1 is 1.14 bits per heavy atom. The van der Waals surface area contributed by atoms with E-state index in [1.54, 1.807) is 0 Å². The molecule has 1 N–H and O–H groups in total. The minimum Gasteiger partial charge on any atom is -0.336 e. The monoisotopic (exact) mass is 195 g/mol. The molecule has 3 rings (SSSR count). The standard InChI is InChI=1S/C10H17N3O/c14-10-11-4-7-13(10)9-3-6-12-5-1-2-8(9)12/h8-9H,1-7H2,(H,11,14). The molecule has 3 saturated heterocycles. The predicted molar refractivity (Wildman–Crippen MR) is 53.1 cm³/mol. The molecule has 0 radical (unpaired) electrons. The lowest BCUT2D eigenvalue weighted by Gasteiger charge is -2.28. The maximum atomic E-state index is 11.5. The van der Waals surface area contributed by atoms with Crippen molar-refractivity contribution in [2.45, 2.75) is 31.3 Å². The molecule has 0 saturated carbocycles. The zero-order valence-electron chi connectivity index (χ0n) is 8.41. The predicted octanol–water partition coefficient (Wildman–Crippen LogP) is 0.248. The van der Waals surface area contributed by atoms with Crippen LogP contribution in [0.3, 0.4) is 0 Å². The van der Waals surface area contributed by atoms with Gasteiger partial charge in [0.1, 0.15) is 0 Å². The molecule has 2 unspecified atom stereocenters. The van der Waals surface area contributed by atoms with Gasteiger partial charge in [0.2, 0.25) is 0 Å². The highest BCUT2D eigenvalue weighted by Crippen LogP contribution is 2.31. The minimum atomic E-state index is 0.156. The Bertz CT molecular complexity index is 256. The number of rotatable bonds is 1. The van der Waals surface area contributed by atoms with Crippen molar-refractivity contribution in [2.24, 2.45) is 0 Å². The second-order valence-corrected chi connectivity index (χ2v) is 4.53. The van der Waals surface area contributed by atoms with Gasteiger partial charge in [-0.2, -0.15) is 0 Å². The fourth-order valence-corrected chi connectivity index (χ4v) is 3.22. The van der Waals surface area contributed by atoms with Crippen LogP contribution in [-0.2, 0) is 0 Å². The summed E-state index contributed by atoms with van der Waals surface area (Å²) in [6.45, 7) is 4.19. The highest BCUT2D eigenvalue weighted by atomic mass is 16.2. The average Bonchev–Trinajstić information content (AvgIpc) is 2.78. The van der Waals surface area contributed by atoms with Crippen LogP contribution in [0.4, 0.5) is 4.79 Å². The Morgan fingerprint density at radius 3 is 2.86 bits per heavy atom. The summed E-state index contributed by atoms with van der Waals surface area (Å²) in [7, 11) is 0. The van der Waals surface area contributed by atoms with Crippen LogP contribution >= 0.6 is 0 Å². The smallest absolute Gasteiger partial charge is 0.317 e. The first kappa shape index (κ1) is 8.53. The molecule has 0 aromatic heterocycles. The van der Waals surface area contributed by atoms with E-state index in [4.69, 9.17) is 0 Å². The summed E-state index contributed by atoms with van der Waals surface area (Å²) in [5.74, 6) is 0. The van der Waals surface area contributed by atoms with Gasteiger partial charge in [0, 0.05) is 25.7 Å². The van der Waals surface area contributed by atoms with E-state index in [1.807, 2.05) is 0 Å². The van der Waals surface area contributed by atoms with Crippen LogP contribution in [0.25, 0.3) is 0 Å². The summed E-state index contributed by atoms with van der Waals surface area (Å²) in [4.78, 5) is 16.1. The molecule has 0 aliphatic carbocycles. The first-order valence-corrected chi connectivity index (χ1v) is 5.65. The number of carbonyl (C=O) groups excluding carboxylic acids is 1. The zero-order valence-corrected chi connectivity index (χ0v) is 8.41. The summed E-state index contributed by atoms with van der Waals surface area (Å²) in [5.41, 5.74) is 0. The summed E-state index contributed by atoms with van der Waals surface area (Å²) in [6, 6.07) is 1.32. The fourth-order valence-electron chi connectivity index (χ4n) is 3.22. The highest BCUT2D eigenvalue weighted by molar-refractivity contribution is 5.76. The zero-order chi connectivity index (χ0) is 9.54. The molecule has 2 amide bonds. The lowest BCUT2D eigenvalue weighted by Crippen LogP contribution is -2.44. The molecule has 4 heteroatoms. The number of fused-ring (bicyclic) bond motifs is 1. The SMILES string of the molecule is O=C1NCCN1C1CCN2CCCC12. The lowest BCUT2D eigenvalue weighted by molar-refractivity contribution is 0.180. The molecule has 3 fully saturated rings. The van der Waals surface area contributed by atoms with Crippen molar-refractivity contribution in [2.75, 3.05) is 26.2 Å². The Morgan fingerprint density at radius 2 is 2.07 bits per heavy atom. The van der Waals surface area contributed by atoms with Crippen LogP contribution in [0.5, 0.6) is 0 Å². The maximum Gasteiger partial charge on any atom is 0.317 e. The molecule has 3 heterocycles. The molecular weight excluding hydrogens is 178 g/mol. The van der Waals surface area contributed by atoms with E-state index in [-0.39, 0.29) is 6.03 Å². The van der Waals surface area contributed by atoms with E-state index in [2.05, 4.69) is 15.1 Å². The van der Waals surface area contributed by atoms with Gasteiger partial charge >= 0.3 is 6.03 Å². The van der Waals surface area contributed by atoms with Crippen LogP contribution in [0, 0.1) is 0 Å². The van der Waals surface area contributed by atoms with Gasteiger partial charge in [-0.1, -0.05) is 0 Å². The van der Waals surface area contributed by atoms with E-state index in [1.165, 1.54) is 32.4 Å². The summed E-state index contributed by atoms with van der Waals surface area (Å²) in [5, 5.41) is 2.89. The largest absolute Gasteiger partial charge is 0.336 e. The molecule has 14 heavy (non-hydrogen) atoms. The Hall–Kier alpha value is -0.770. The van der Waals surface area contributed by atoms with Gasteiger partial charge in [-0.15, -0.1) is 0 Å². The molecule has 0 aromatic rings. The third-order valence-corrected chi connectivity index (χ3v) is 3.86. The van der Waals surface area contributed by atoms with E-state index in [0.29, 0.717) is 12.1 Å². The summed E-state index contributed by atoms with van der Waals surface area (Å²) < 4.78 is 0. The van der Waals surface area contributed by atoms with Crippen LogP contribution in [0.15, 0.2) is 0 Å². The number of hydrogen-bond acceptors (Lipinski definition) is 2. The van der Waals surface area contributed by atoms with E-state index in [0.717, 1.165) is 13.1 Å². The highest BCUT2D eigenvalue weighted by Gasteiger charge is 2.42. The third kappa shape index (κ3) is 1.13. The first-order valence-electron chi connectivity index (χ1n) is 5.65. The van der Waals surface area contributed by atoms with Crippen LogP contribution in [0.1, 0.15) is 19.3 Å². The molecule has 0 bridgehead atoms. The van der Waals surface area contributed by atoms with Gasteiger partial charge in [-0.25, -0.2) is 4.79 Å². The van der Waals surface area contributed by atoms with Crippen molar-refractivity contribution in [1.82, 2.24) is 15.1 Å². The topological polar surface area (TPSA) is 35.6 Å². The van der Waals surface area contributed by atoms with E-state index in [9.17, 15) is 4.79 Å². The Labute approximate surface area is 84.2 Å². The number of nitrogens with one attached hydrogen (secondary N) is 1. The minimum absolute atomic E-state index is 0.156. The molecular formula is C10H17N3O. The van der Waals surface area contributed by atoms with Gasteiger partial charge in [0.15, 0.2) is 0 Å². The van der Waals surface area contributed by atoms with Crippen molar-refractivity contribution in [1.29, 1.82) is 0 Å². The van der Waals surface area contributed by atoms with Gasteiger partial charge in [-0.05, 0) is 25.8 Å². The molecule has 4 nitrogen and oxygen atoms in total. The van der Waals surface area contributed by atoms with E-state index >= 15 is 0 Å². The summed E-state index contributed by atoms with van der Waals surface area (Å²) in [6.07, 6.45) is 3.78. The van der Waals surface area contributed by atoms with Crippen molar-refractivity contribution in [3.8, 4) is 0 Å². The molecule has 2 atom stereocenters. The van der Waals surface area contributed by atoms with Gasteiger partial charge < -0.3 is 10.2 Å². The van der Waals surface area contributed by atoms with Crippen LogP contribution < -0.4 is 5.32 Å². The number of nitrogens with zero attached hydrogens (tertiary/aromatic N) is 2. The number of urea groups is 1. The molecule has 3 aliphatic rings. The quantitative estimate of drug-likeness (QED) is 0.651. The fraction of sp³-hybridized carbons (Fsp3) is 0.900. The Balaban J connectivity index is 1.75. The van der Waals surface area contributed by atoms with Crippen LogP contribution in [-0.4, -0.2) is 54.1 Å². The number of carbonyl (C=O) groups is 1. The Kier molecular flexibility index (Phi) is 1.90. The average molecular weight is 195 g/mol. The number of amides is 2.